The van der Waals surface area contributed by atoms with Gasteiger partial charge in [0.2, 0.25) is 0 Å². The summed E-state index contributed by atoms with van der Waals surface area (Å²) in [4.78, 5) is 13.3. The van der Waals surface area contributed by atoms with Gasteiger partial charge in [-0.05, 0) is 54.1 Å². The van der Waals surface area contributed by atoms with Crippen LogP contribution in [0.5, 0.6) is 11.5 Å². The standard InChI is InChI=1S/C24H19ClN2O5S/c1-31-20-11-8-17(9-12-20)14-18(16-26)24(28)27(19-10-13-23(32-2)22(25)15-19)33(29,30)21-6-4-3-5-7-21/h3-15H,1-2H3/b18-14+. The van der Waals surface area contributed by atoms with E-state index in [-0.39, 0.29) is 21.2 Å². The Morgan fingerprint density at radius 3 is 2.21 bits per heavy atom. The summed E-state index contributed by atoms with van der Waals surface area (Å²) in [6.45, 7) is 0. The van der Waals surface area contributed by atoms with Crippen LogP contribution in [0.3, 0.4) is 0 Å². The fourth-order valence-electron chi connectivity index (χ4n) is 2.96. The molecule has 0 aromatic heterocycles. The highest BCUT2D eigenvalue weighted by Crippen LogP contribution is 2.33. The zero-order valence-corrected chi connectivity index (χ0v) is 19.3. The molecule has 1 amide bonds. The number of hydrogen-bond acceptors (Lipinski definition) is 6. The molecule has 168 valence electrons. The summed E-state index contributed by atoms with van der Waals surface area (Å²) < 4.78 is 37.7. The largest absolute Gasteiger partial charge is 0.497 e. The molecule has 9 heteroatoms. The van der Waals surface area contributed by atoms with E-state index in [1.807, 2.05) is 0 Å². The van der Waals surface area contributed by atoms with Gasteiger partial charge in [0.1, 0.15) is 23.1 Å². The third kappa shape index (κ3) is 5.17. The maximum Gasteiger partial charge on any atom is 0.282 e. The first-order valence-electron chi connectivity index (χ1n) is 9.56. The monoisotopic (exact) mass is 482 g/mol. The van der Waals surface area contributed by atoms with Gasteiger partial charge in [0.25, 0.3) is 15.9 Å². The highest BCUT2D eigenvalue weighted by Gasteiger charge is 2.33. The second kappa shape index (κ2) is 10.2. The van der Waals surface area contributed by atoms with Crippen molar-refractivity contribution in [2.45, 2.75) is 4.90 Å². The van der Waals surface area contributed by atoms with Gasteiger partial charge in [-0.3, -0.25) is 4.79 Å². The number of halogens is 1. The third-order valence-corrected chi connectivity index (χ3v) is 6.63. The van der Waals surface area contributed by atoms with Gasteiger partial charge in [0, 0.05) is 0 Å². The van der Waals surface area contributed by atoms with E-state index >= 15 is 0 Å². The van der Waals surface area contributed by atoms with E-state index in [4.69, 9.17) is 21.1 Å². The van der Waals surface area contributed by atoms with Gasteiger partial charge in [0.05, 0.1) is 29.8 Å². The molecule has 0 bridgehead atoms. The number of anilines is 1. The van der Waals surface area contributed by atoms with Crippen LogP contribution in [-0.4, -0.2) is 28.5 Å². The number of methoxy groups -OCH3 is 2. The average molecular weight is 483 g/mol. The lowest BCUT2D eigenvalue weighted by molar-refractivity contribution is -0.113. The number of hydrogen-bond donors (Lipinski definition) is 0. The van der Waals surface area contributed by atoms with Gasteiger partial charge in [-0.15, -0.1) is 0 Å². The summed E-state index contributed by atoms with van der Waals surface area (Å²) in [6, 6.07) is 20.0. The summed E-state index contributed by atoms with van der Waals surface area (Å²) >= 11 is 6.20. The lowest BCUT2D eigenvalue weighted by atomic mass is 10.1. The molecular weight excluding hydrogens is 464 g/mol. The Balaban J connectivity index is 2.15. The van der Waals surface area contributed by atoms with Crippen molar-refractivity contribution in [2.24, 2.45) is 0 Å². The number of ether oxygens (including phenoxy) is 2. The summed E-state index contributed by atoms with van der Waals surface area (Å²) in [5.74, 6) is -0.129. The molecular formula is C24H19ClN2O5S. The third-order valence-electron chi connectivity index (χ3n) is 4.61. The number of carbonyl (C=O) groups excluding carboxylic acids is 1. The molecule has 33 heavy (non-hydrogen) atoms. The SMILES string of the molecule is COc1ccc(/C=C(\C#N)C(=O)N(c2ccc(OC)c(Cl)c2)S(=O)(=O)c2ccccc2)cc1. The Labute approximate surface area is 197 Å². The Morgan fingerprint density at radius 1 is 1.00 bits per heavy atom. The van der Waals surface area contributed by atoms with E-state index in [9.17, 15) is 18.5 Å². The molecule has 0 aliphatic rings. The van der Waals surface area contributed by atoms with E-state index in [1.165, 1.54) is 62.8 Å². The Hall–Kier alpha value is -3.80. The molecule has 3 aromatic carbocycles. The van der Waals surface area contributed by atoms with Crippen molar-refractivity contribution in [2.75, 3.05) is 18.5 Å². The van der Waals surface area contributed by atoms with E-state index in [2.05, 4.69) is 0 Å². The Kier molecular flexibility index (Phi) is 7.38. The minimum Gasteiger partial charge on any atom is -0.497 e. The van der Waals surface area contributed by atoms with Gasteiger partial charge in [-0.1, -0.05) is 41.9 Å². The van der Waals surface area contributed by atoms with Crippen LogP contribution < -0.4 is 13.8 Å². The molecule has 0 saturated carbocycles. The van der Waals surface area contributed by atoms with Crippen LogP contribution in [0.15, 0.2) is 83.3 Å². The molecule has 0 saturated heterocycles. The molecule has 7 nitrogen and oxygen atoms in total. The fraction of sp³-hybridized carbons (Fsp3) is 0.0833. The van der Waals surface area contributed by atoms with Crippen molar-refractivity contribution >= 4 is 39.3 Å². The van der Waals surface area contributed by atoms with Gasteiger partial charge >= 0.3 is 0 Å². The average Bonchev–Trinajstić information content (AvgIpc) is 2.83. The van der Waals surface area contributed by atoms with Crippen molar-refractivity contribution in [1.29, 1.82) is 5.26 Å². The zero-order valence-electron chi connectivity index (χ0n) is 17.7. The Bertz CT molecular complexity index is 1330. The van der Waals surface area contributed by atoms with Crippen LogP contribution in [0.4, 0.5) is 5.69 Å². The van der Waals surface area contributed by atoms with E-state index in [0.29, 0.717) is 21.4 Å². The summed E-state index contributed by atoms with van der Waals surface area (Å²) in [5.41, 5.74) is 0.0997. The quantitative estimate of drug-likeness (QED) is 0.358. The van der Waals surface area contributed by atoms with Gasteiger partial charge in [0.15, 0.2) is 0 Å². The normalized spacial score (nSPS) is 11.4. The fourth-order valence-corrected chi connectivity index (χ4v) is 4.63. The number of benzene rings is 3. The first-order valence-corrected chi connectivity index (χ1v) is 11.4. The number of carbonyl (C=O) groups is 1. The number of nitriles is 1. The predicted molar refractivity (Wildman–Crippen MR) is 126 cm³/mol. The second-order valence-electron chi connectivity index (χ2n) is 6.65. The molecule has 0 spiro atoms. The van der Waals surface area contributed by atoms with Crippen LogP contribution >= 0.6 is 11.6 Å². The smallest absolute Gasteiger partial charge is 0.282 e. The molecule has 0 atom stereocenters. The first kappa shape index (κ1) is 23.9. The zero-order chi connectivity index (χ0) is 24.0. The van der Waals surface area contributed by atoms with Gasteiger partial charge < -0.3 is 9.47 Å². The number of sulfonamides is 1. The maximum atomic E-state index is 13.5. The lowest BCUT2D eigenvalue weighted by Gasteiger charge is -2.23. The number of nitrogens with zero attached hydrogens (tertiary/aromatic N) is 2. The molecule has 0 aliphatic carbocycles. The van der Waals surface area contributed by atoms with Crippen LogP contribution in [0.1, 0.15) is 5.56 Å². The molecule has 0 fully saturated rings. The molecule has 3 aromatic rings. The summed E-state index contributed by atoms with van der Waals surface area (Å²) in [5, 5.41) is 9.80. The first-order chi connectivity index (χ1) is 15.8. The highest BCUT2D eigenvalue weighted by molar-refractivity contribution is 7.93. The minimum atomic E-state index is -4.38. The van der Waals surface area contributed by atoms with Crippen molar-refractivity contribution in [3.8, 4) is 17.6 Å². The van der Waals surface area contributed by atoms with Crippen LogP contribution in [0.2, 0.25) is 5.02 Å². The molecule has 0 aliphatic heterocycles. The molecule has 0 N–H and O–H groups in total. The van der Waals surface area contributed by atoms with Crippen molar-refractivity contribution in [3.05, 3.63) is 89.0 Å². The minimum absolute atomic E-state index is 0.0365. The Morgan fingerprint density at radius 2 is 1.67 bits per heavy atom. The van der Waals surface area contributed by atoms with Crippen LogP contribution in [0.25, 0.3) is 6.08 Å². The van der Waals surface area contributed by atoms with Crippen molar-refractivity contribution in [1.82, 2.24) is 0 Å². The van der Waals surface area contributed by atoms with E-state index in [1.54, 1.807) is 36.4 Å². The van der Waals surface area contributed by atoms with Crippen molar-refractivity contribution < 1.29 is 22.7 Å². The van der Waals surface area contributed by atoms with Gasteiger partial charge in [-0.2, -0.15) is 9.57 Å². The lowest BCUT2D eigenvalue weighted by Crippen LogP contribution is -2.37. The van der Waals surface area contributed by atoms with Crippen molar-refractivity contribution in [3.63, 3.8) is 0 Å². The topological polar surface area (TPSA) is 96.7 Å². The van der Waals surface area contributed by atoms with Crippen LogP contribution in [0, 0.1) is 11.3 Å². The molecule has 3 rings (SSSR count). The molecule has 0 radical (unpaired) electrons. The molecule has 0 heterocycles. The number of amides is 1. The number of rotatable bonds is 7. The summed E-state index contributed by atoms with van der Waals surface area (Å²) in [6.07, 6.45) is 1.31. The van der Waals surface area contributed by atoms with Crippen LogP contribution in [-0.2, 0) is 14.8 Å². The molecule has 0 unspecified atom stereocenters. The van der Waals surface area contributed by atoms with E-state index in [0.717, 1.165) is 0 Å². The second-order valence-corrected chi connectivity index (χ2v) is 8.84. The van der Waals surface area contributed by atoms with Gasteiger partial charge in [-0.25, -0.2) is 8.42 Å². The van der Waals surface area contributed by atoms with E-state index < -0.39 is 15.9 Å². The summed E-state index contributed by atoms with van der Waals surface area (Å²) in [7, 11) is -1.45. The predicted octanol–water partition coefficient (Wildman–Crippen LogP) is 4.69. The highest BCUT2D eigenvalue weighted by atomic mass is 35.5. The maximum absolute atomic E-state index is 13.5.